The van der Waals surface area contributed by atoms with E-state index in [1.165, 1.54) is 21.3 Å². The van der Waals surface area contributed by atoms with Gasteiger partial charge in [0.25, 0.3) is 5.91 Å². The number of nitrogens with zero attached hydrogens (tertiary/aromatic N) is 2. The van der Waals surface area contributed by atoms with Gasteiger partial charge in [0, 0.05) is 31.7 Å². The van der Waals surface area contributed by atoms with Gasteiger partial charge in [0.1, 0.15) is 0 Å². The van der Waals surface area contributed by atoms with Crippen LogP contribution in [0.4, 0.5) is 0 Å². The molecule has 8 heteroatoms. The Morgan fingerprint density at radius 2 is 1.92 bits per heavy atom. The third-order valence-electron chi connectivity index (χ3n) is 4.84. The summed E-state index contributed by atoms with van der Waals surface area (Å²) in [6, 6.07) is 4.55. The van der Waals surface area contributed by atoms with E-state index in [-0.39, 0.29) is 17.3 Å². The number of amides is 1. The van der Waals surface area contributed by atoms with Crippen LogP contribution in [0.15, 0.2) is 23.1 Å². The highest BCUT2D eigenvalue weighted by Crippen LogP contribution is 2.23. The van der Waals surface area contributed by atoms with Crippen LogP contribution in [0.25, 0.3) is 0 Å². The van der Waals surface area contributed by atoms with E-state index in [4.69, 9.17) is 0 Å². The Bertz CT molecular complexity index is 787. The van der Waals surface area contributed by atoms with Crippen molar-refractivity contribution >= 4 is 21.9 Å². The predicted molar refractivity (Wildman–Crippen MR) is 97.5 cm³/mol. The zero-order valence-electron chi connectivity index (χ0n) is 15.4. The Morgan fingerprint density at radius 3 is 2.50 bits per heavy atom. The lowest BCUT2D eigenvalue weighted by Gasteiger charge is -2.31. The zero-order chi connectivity index (χ0) is 19.5. The Kier molecular flexibility index (Phi) is 6.41. The van der Waals surface area contributed by atoms with E-state index in [0.29, 0.717) is 43.6 Å². The normalized spacial score (nSPS) is 18.2. The van der Waals surface area contributed by atoms with Crippen molar-refractivity contribution in [1.29, 1.82) is 0 Å². The van der Waals surface area contributed by atoms with Crippen molar-refractivity contribution in [3.05, 3.63) is 29.3 Å². The summed E-state index contributed by atoms with van der Waals surface area (Å²) < 4.78 is 26.8. The number of carboxylic acid groups (broad SMARTS) is 1. The minimum Gasteiger partial charge on any atom is -0.481 e. The number of benzene rings is 1. The van der Waals surface area contributed by atoms with E-state index in [9.17, 15) is 23.1 Å². The maximum atomic E-state index is 12.9. The van der Waals surface area contributed by atoms with Gasteiger partial charge in [-0.2, -0.15) is 4.31 Å². The molecule has 0 aromatic heterocycles. The number of aliphatic carboxylic acids is 1. The van der Waals surface area contributed by atoms with Crippen LogP contribution in [0, 0.1) is 12.8 Å². The van der Waals surface area contributed by atoms with E-state index >= 15 is 0 Å². The Morgan fingerprint density at radius 1 is 1.27 bits per heavy atom. The lowest BCUT2D eigenvalue weighted by molar-refractivity contribution is -0.143. The average molecular weight is 382 g/mol. The van der Waals surface area contributed by atoms with Gasteiger partial charge < -0.3 is 10.0 Å². The average Bonchev–Trinajstić information content (AvgIpc) is 2.62. The van der Waals surface area contributed by atoms with Gasteiger partial charge in [0.15, 0.2) is 0 Å². The highest BCUT2D eigenvalue weighted by molar-refractivity contribution is 7.89. The molecule has 0 saturated carbocycles. The summed E-state index contributed by atoms with van der Waals surface area (Å²) >= 11 is 0. The van der Waals surface area contributed by atoms with E-state index in [0.717, 1.165) is 0 Å². The summed E-state index contributed by atoms with van der Waals surface area (Å²) in [5.41, 5.74) is 0.982. The van der Waals surface area contributed by atoms with E-state index in [2.05, 4.69) is 0 Å². The fourth-order valence-electron chi connectivity index (χ4n) is 3.24. The molecule has 1 fully saturated rings. The number of carboxylic acids is 1. The quantitative estimate of drug-likeness (QED) is 0.811. The van der Waals surface area contributed by atoms with Crippen LogP contribution < -0.4 is 0 Å². The molecule has 144 valence electrons. The van der Waals surface area contributed by atoms with Crippen molar-refractivity contribution in [2.45, 2.75) is 38.5 Å². The second kappa shape index (κ2) is 8.18. The molecule has 0 aliphatic carbocycles. The standard InChI is InChI=1S/C18H26N2O5S/c1-4-20(5-2)26(24,25)15-9-8-13(3)16(11-15)17(21)19-10-6-7-14(12-19)18(22)23/h8-9,11,14H,4-7,10,12H2,1-3H3,(H,22,23). The van der Waals surface area contributed by atoms with E-state index in [1.807, 2.05) is 0 Å². The molecule has 2 rings (SSSR count). The smallest absolute Gasteiger partial charge is 0.308 e. The summed E-state index contributed by atoms with van der Waals surface area (Å²) in [5.74, 6) is -1.79. The van der Waals surface area contributed by atoms with Gasteiger partial charge in [-0.25, -0.2) is 8.42 Å². The Hall–Kier alpha value is -1.93. The molecule has 26 heavy (non-hydrogen) atoms. The van der Waals surface area contributed by atoms with Crippen LogP contribution in [-0.2, 0) is 14.8 Å². The van der Waals surface area contributed by atoms with Crippen molar-refractivity contribution in [3.8, 4) is 0 Å². The first-order chi connectivity index (χ1) is 12.2. The second-order valence-electron chi connectivity index (χ2n) is 6.49. The lowest BCUT2D eigenvalue weighted by Crippen LogP contribution is -2.42. The largest absolute Gasteiger partial charge is 0.481 e. The molecule has 1 N–H and O–H groups in total. The summed E-state index contributed by atoms with van der Waals surface area (Å²) in [6.45, 7) is 6.61. The summed E-state index contributed by atoms with van der Waals surface area (Å²) in [6.07, 6.45) is 1.17. The van der Waals surface area contributed by atoms with E-state index < -0.39 is 21.9 Å². The number of sulfonamides is 1. The molecule has 1 atom stereocenters. The molecule has 1 amide bonds. The molecule has 0 spiro atoms. The van der Waals surface area contributed by atoms with Gasteiger partial charge in [-0.1, -0.05) is 19.9 Å². The number of hydrogen-bond acceptors (Lipinski definition) is 4. The first kappa shape index (κ1) is 20.4. The lowest BCUT2D eigenvalue weighted by atomic mass is 9.97. The number of carbonyl (C=O) groups excluding carboxylic acids is 1. The maximum absolute atomic E-state index is 12.9. The third-order valence-corrected chi connectivity index (χ3v) is 6.89. The van der Waals surface area contributed by atoms with Crippen molar-refractivity contribution in [2.75, 3.05) is 26.2 Å². The fourth-order valence-corrected chi connectivity index (χ4v) is 4.72. The molecule has 0 radical (unpaired) electrons. The van der Waals surface area contributed by atoms with E-state index in [1.54, 1.807) is 26.8 Å². The minimum atomic E-state index is -3.66. The number of hydrogen-bond donors (Lipinski definition) is 1. The molecular formula is C18H26N2O5S. The van der Waals surface area contributed by atoms with Crippen molar-refractivity contribution in [2.24, 2.45) is 5.92 Å². The molecule has 1 aliphatic rings. The Balaban J connectivity index is 2.35. The molecule has 7 nitrogen and oxygen atoms in total. The predicted octanol–water partition coefficient (Wildman–Crippen LogP) is 1.96. The molecule has 1 aromatic rings. The fraction of sp³-hybridized carbons (Fsp3) is 0.556. The summed E-state index contributed by atoms with van der Waals surface area (Å²) in [7, 11) is -3.66. The van der Waals surface area contributed by atoms with Gasteiger partial charge in [-0.3, -0.25) is 9.59 Å². The zero-order valence-corrected chi connectivity index (χ0v) is 16.3. The van der Waals surface area contributed by atoms with Crippen LogP contribution in [-0.4, -0.2) is 60.8 Å². The summed E-state index contributed by atoms with van der Waals surface area (Å²) in [5, 5.41) is 9.21. The second-order valence-corrected chi connectivity index (χ2v) is 8.43. The molecule has 1 heterocycles. The van der Waals surface area contributed by atoms with Gasteiger partial charge in [0.2, 0.25) is 10.0 Å². The first-order valence-electron chi connectivity index (χ1n) is 8.85. The number of aryl methyl sites for hydroxylation is 1. The molecule has 1 saturated heterocycles. The topological polar surface area (TPSA) is 95.0 Å². The van der Waals surface area contributed by atoms with Gasteiger partial charge in [-0.05, 0) is 37.5 Å². The first-order valence-corrected chi connectivity index (χ1v) is 10.3. The number of piperidine rings is 1. The maximum Gasteiger partial charge on any atom is 0.308 e. The molecule has 1 unspecified atom stereocenters. The van der Waals surface area contributed by atoms with Crippen LogP contribution in [0.5, 0.6) is 0 Å². The van der Waals surface area contributed by atoms with Crippen molar-refractivity contribution in [1.82, 2.24) is 9.21 Å². The number of rotatable bonds is 6. The van der Waals surface area contributed by atoms with Gasteiger partial charge in [-0.15, -0.1) is 0 Å². The minimum absolute atomic E-state index is 0.0851. The molecule has 1 aliphatic heterocycles. The van der Waals surface area contributed by atoms with Crippen LogP contribution in [0.3, 0.4) is 0 Å². The van der Waals surface area contributed by atoms with Gasteiger partial charge in [0.05, 0.1) is 10.8 Å². The summed E-state index contributed by atoms with van der Waals surface area (Å²) in [4.78, 5) is 25.7. The highest BCUT2D eigenvalue weighted by atomic mass is 32.2. The SMILES string of the molecule is CCN(CC)S(=O)(=O)c1ccc(C)c(C(=O)N2CCCC(C(=O)O)C2)c1. The molecule has 1 aromatic carbocycles. The monoisotopic (exact) mass is 382 g/mol. The van der Waals surface area contributed by atoms with Crippen LogP contribution in [0.2, 0.25) is 0 Å². The molecule has 0 bridgehead atoms. The number of likely N-dealkylation sites (tertiary alicyclic amines) is 1. The number of carbonyl (C=O) groups is 2. The van der Waals surface area contributed by atoms with Crippen LogP contribution in [0.1, 0.15) is 42.6 Å². The van der Waals surface area contributed by atoms with Crippen molar-refractivity contribution < 1.29 is 23.1 Å². The third kappa shape index (κ3) is 4.07. The molecular weight excluding hydrogens is 356 g/mol. The van der Waals surface area contributed by atoms with Crippen LogP contribution >= 0.6 is 0 Å². The Labute approximate surface area is 154 Å². The highest BCUT2D eigenvalue weighted by Gasteiger charge is 2.30. The van der Waals surface area contributed by atoms with Crippen molar-refractivity contribution in [3.63, 3.8) is 0 Å². The van der Waals surface area contributed by atoms with Gasteiger partial charge >= 0.3 is 5.97 Å².